The molecule has 1 N–H and O–H groups in total. The Bertz CT molecular complexity index is 2420. The molecule has 62 heavy (non-hydrogen) atoms. The smallest absolute Gasteiger partial charge is 0.376 e. The third-order valence-corrected chi connectivity index (χ3v) is 11.5. The molecule has 1 heterocycles. The van der Waals surface area contributed by atoms with Gasteiger partial charge in [-0.05, 0) is 70.5 Å². The summed E-state index contributed by atoms with van der Waals surface area (Å²) >= 11 is 0. The van der Waals surface area contributed by atoms with Gasteiger partial charge in [-0.2, -0.15) is 21.6 Å². The quantitative estimate of drug-likeness (QED) is 0.0668. The minimum absolute atomic E-state index is 0.0183. The van der Waals surface area contributed by atoms with Gasteiger partial charge in [-0.1, -0.05) is 146 Å². The molecule has 0 amide bonds. The Labute approximate surface area is 359 Å². The average molecular weight is 869 g/mol. The lowest BCUT2D eigenvalue weighted by Crippen LogP contribution is -2.65. The van der Waals surface area contributed by atoms with Crippen molar-refractivity contribution in [2.75, 3.05) is 6.61 Å². The standard InChI is InChI=1S/C49H47F3O9S/c1-35-22-25-42(29-41(35)28-36-23-26-43(27-24-36)61-62(54,55)49(50,51)52)48(53)47(59-33-40-20-12-5-13-21-40)46(58-32-39-18-10-4-11-19-39)45(57-31-38-16-8-3-9-17-38)44(60-48)34-56-30-37-14-6-2-7-15-37/h2-27,29,44-47,53H,28,30-34H2,1H3/t44-,45-,46+,47-,48+/m1/s1. The van der Waals surface area contributed by atoms with Crippen LogP contribution >= 0.6 is 0 Å². The van der Waals surface area contributed by atoms with Crippen molar-refractivity contribution in [3.05, 3.63) is 208 Å². The molecule has 1 saturated heterocycles. The van der Waals surface area contributed by atoms with Gasteiger partial charge in [-0.3, -0.25) is 0 Å². The number of rotatable bonds is 18. The maximum atomic E-state index is 13.2. The van der Waals surface area contributed by atoms with Crippen LogP contribution < -0.4 is 4.18 Å². The molecular weight excluding hydrogens is 822 g/mol. The van der Waals surface area contributed by atoms with Crippen LogP contribution in [0.5, 0.6) is 5.75 Å². The lowest BCUT2D eigenvalue weighted by Gasteiger charge is -2.50. The summed E-state index contributed by atoms with van der Waals surface area (Å²) in [7, 11) is -5.84. The molecule has 324 valence electrons. The molecule has 7 rings (SSSR count). The second-order valence-electron chi connectivity index (χ2n) is 15.0. The van der Waals surface area contributed by atoms with Crippen molar-refractivity contribution in [2.45, 2.75) is 75.5 Å². The third-order valence-electron chi connectivity index (χ3n) is 10.5. The van der Waals surface area contributed by atoms with Crippen LogP contribution in [0.4, 0.5) is 13.2 Å². The number of hydrogen-bond donors (Lipinski definition) is 1. The Balaban J connectivity index is 1.26. The fourth-order valence-corrected chi connectivity index (χ4v) is 7.69. The maximum absolute atomic E-state index is 13.2. The van der Waals surface area contributed by atoms with Crippen molar-refractivity contribution in [3.63, 3.8) is 0 Å². The Morgan fingerprint density at radius 2 is 1.10 bits per heavy atom. The monoisotopic (exact) mass is 868 g/mol. The van der Waals surface area contributed by atoms with E-state index in [0.717, 1.165) is 45.5 Å². The van der Waals surface area contributed by atoms with Crippen molar-refractivity contribution < 1.29 is 54.6 Å². The number of ether oxygens (including phenoxy) is 5. The zero-order valence-electron chi connectivity index (χ0n) is 33.9. The summed E-state index contributed by atoms with van der Waals surface area (Å²) in [5, 5.41) is 13.2. The highest BCUT2D eigenvalue weighted by Crippen LogP contribution is 2.42. The molecule has 1 aliphatic rings. The van der Waals surface area contributed by atoms with Gasteiger partial charge in [-0.25, -0.2) is 0 Å². The van der Waals surface area contributed by atoms with Crippen LogP contribution in [0.25, 0.3) is 0 Å². The molecular formula is C49H47F3O9S. The van der Waals surface area contributed by atoms with E-state index in [4.69, 9.17) is 23.7 Å². The lowest BCUT2D eigenvalue weighted by atomic mass is 9.85. The molecule has 5 atom stereocenters. The number of aliphatic hydroxyl groups is 1. The van der Waals surface area contributed by atoms with Crippen LogP contribution in [0.2, 0.25) is 0 Å². The third kappa shape index (κ3) is 11.4. The van der Waals surface area contributed by atoms with Gasteiger partial charge in [0.15, 0.2) is 0 Å². The van der Waals surface area contributed by atoms with E-state index in [-0.39, 0.29) is 39.5 Å². The summed E-state index contributed by atoms with van der Waals surface area (Å²) in [5.41, 5.74) is 0.644. The maximum Gasteiger partial charge on any atom is 0.534 e. The van der Waals surface area contributed by atoms with Crippen LogP contribution in [-0.4, -0.2) is 50.1 Å². The highest BCUT2D eigenvalue weighted by Gasteiger charge is 2.57. The van der Waals surface area contributed by atoms with Gasteiger partial charge >= 0.3 is 15.6 Å². The van der Waals surface area contributed by atoms with Gasteiger partial charge in [0.1, 0.15) is 30.2 Å². The van der Waals surface area contributed by atoms with Gasteiger partial charge < -0.3 is 33.0 Å². The van der Waals surface area contributed by atoms with Crippen LogP contribution in [0.15, 0.2) is 164 Å². The van der Waals surface area contributed by atoms with E-state index in [1.54, 1.807) is 12.1 Å². The summed E-state index contributed by atoms with van der Waals surface area (Å²) < 4.78 is 99.9. The Morgan fingerprint density at radius 1 is 0.613 bits per heavy atom. The number of benzene rings is 6. The number of alkyl halides is 3. The molecule has 1 fully saturated rings. The molecule has 9 nitrogen and oxygen atoms in total. The zero-order chi connectivity index (χ0) is 43.6. The summed E-state index contributed by atoms with van der Waals surface area (Å²) in [4.78, 5) is 0. The van der Waals surface area contributed by atoms with E-state index in [0.29, 0.717) is 11.1 Å². The van der Waals surface area contributed by atoms with Crippen molar-refractivity contribution >= 4 is 10.1 Å². The molecule has 13 heteroatoms. The predicted molar refractivity (Wildman–Crippen MR) is 226 cm³/mol. The molecule has 0 unspecified atom stereocenters. The molecule has 6 aromatic carbocycles. The van der Waals surface area contributed by atoms with Crippen molar-refractivity contribution in [1.29, 1.82) is 0 Å². The van der Waals surface area contributed by atoms with Gasteiger partial charge in [0.25, 0.3) is 0 Å². The SMILES string of the molecule is Cc1ccc([C@]2(O)O[C@H](COCc3ccccc3)[C@@H](OCc3ccccc3)[C@H](OCc3ccccc3)[C@H]2OCc2ccccc2)cc1Cc1ccc(OS(=O)(=O)C(F)(F)F)cc1. The van der Waals surface area contributed by atoms with Gasteiger partial charge in [0.2, 0.25) is 5.79 Å². The van der Waals surface area contributed by atoms with Gasteiger partial charge in [0, 0.05) is 5.56 Å². The first-order chi connectivity index (χ1) is 29.9. The molecule has 0 spiro atoms. The Hall–Kier alpha value is -5.38. The molecule has 6 aromatic rings. The average Bonchev–Trinajstić information content (AvgIpc) is 3.27. The summed E-state index contributed by atoms with van der Waals surface area (Å²) in [6.45, 7) is 2.65. The van der Waals surface area contributed by atoms with Crippen molar-refractivity contribution in [2.24, 2.45) is 0 Å². The first-order valence-corrected chi connectivity index (χ1v) is 21.5. The molecule has 0 radical (unpaired) electrons. The number of aryl methyl sites for hydroxylation is 1. The van der Waals surface area contributed by atoms with Gasteiger partial charge in [0.05, 0.1) is 33.0 Å². The molecule has 1 aliphatic heterocycles. The Morgan fingerprint density at radius 3 is 1.61 bits per heavy atom. The molecule has 0 aromatic heterocycles. The van der Waals surface area contributed by atoms with Crippen molar-refractivity contribution in [1.82, 2.24) is 0 Å². The van der Waals surface area contributed by atoms with E-state index in [9.17, 15) is 26.7 Å². The lowest BCUT2D eigenvalue weighted by molar-refractivity contribution is -0.378. The fourth-order valence-electron chi connectivity index (χ4n) is 7.23. The van der Waals surface area contributed by atoms with Crippen LogP contribution in [-0.2, 0) is 72.4 Å². The highest BCUT2D eigenvalue weighted by atomic mass is 32.2. The highest BCUT2D eigenvalue weighted by molar-refractivity contribution is 7.88. The van der Waals surface area contributed by atoms with Crippen LogP contribution in [0.3, 0.4) is 0 Å². The molecule has 0 saturated carbocycles. The normalized spacial score (nSPS) is 20.5. The van der Waals surface area contributed by atoms with E-state index in [1.807, 2.05) is 134 Å². The Kier molecular flexibility index (Phi) is 14.6. The number of halogens is 3. The fraction of sp³-hybridized carbons (Fsp3) is 0.265. The second-order valence-corrected chi connectivity index (χ2v) is 16.6. The predicted octanol–water partition coefficient (Wildman–Crippen LogP) is 9.33. The van der Waals surface area contributed by atoms with E-state index in [1.165, 1.54) is 12.1 Å². The number of hydrogen-bond acceptors (Lipinski definition) is 9. The topological polar surface area (TPSA) is 110 Å². The van der Waals surface area contributed by atoms with E-state index < -0.39 is 51.6 Å². The summed E-state index contributed by atoms with van der Waals surface area (Å²) in [6.07, 6.45) is -3.51. The zero-order valence-corrected chi connectivity index (χ0v) is 34.7. The molecule has 0 bridgehead atoms. The van der Waals surface area contributed by atoms with E-state index in [2.05, 4.69) is 4.18 Å². The van der Waals surface area contributed by atoms with Crippen LogP contribution in [0, 0.1) is 6.92 Å². The summed E-state index contributed by atoms with van der Waals surface area (Å²) in [6, 6.07) is 49.3. The second kappa shape index (κ2) is 20.2. The summed E-state index contributed by atoms with van der Waals surface area (Å²) in [5.74, 6) is -2.62. The minimum atomic E-state index is -5.84. The minimum Gasteiger partial charge on any atom is -0.376 e. The molecule has 0 aliphatic carbocycles. The van der Waals surface area contributed by atoms with Gasteiger partial charge in [-0.15, -0.1) is 0 Å². The van der Waals surface area contributed by atoms with Crippen LogP contribution in [0.1, 0.15) is 44.5 Å². The van der Waals surface area contributed by atoms with Crippen molar-refractivity contribution in [3.8, 4) is 5.75 Å². The first-order valence-electron chi connectivity index (χ1n) is 20.1. The first kappa shape index (κ1) is 44.7. The van der Waals surface area contributed by atoms with E-state index >= 15 is 0 Å². The largest absolute Gasteiger partial charge is 0.534 e.